The summed E-state index contributed by atoms with van der Waals surface area (Å²) in [5.41, 5.74) is 0. The normalized spacial score (nSPS) is 11.4. The van der Waals surface area contributed by atoms with Gasteiger partial charge in [-0.1, -0.05) is 73.0 Å². The van der Waals surface area contributed by atoms with E-state index in [4.69, 9.17) is 4.74 Å². The van der Waals surface area contributed by atoms with E-state index < -0.39 is 41.2 Å². The Morgan fingerprint density at radius 2 is 1.13 bits per heavy atom. The second-order valence-electron chi connectivity index (χ2n) is 6.68. The Morgan fingerprint density at radius 1 is 0.645 bits per heavy atom. The molecule has 0 bridgehead atoms. The van der Waals surface area contributed by atoms with Crippen molar-refractivity contribution in [1.29, 1.82) is 0 Å². The number of pyridine rings is 1. The molecule has 1 aromatic heterocycles. The second kappa shape index (κ2) is 8.40. The smallest absolute Gasteiger partial charge is 0.219 e. The summed E-state index contributed by atoms with van der Waals surface area (Å²) in [4.78, 5) is 3.78. The minimum Gasteiger partial charge on any atom is -0.433 e. The third-order valence-corrected chi connectivity index (χ3v) is 8.34. The molecule has 7 heteroatoms. The zero-order chi connectivity index (χ0) is 22.0. The molecule has 0 N–H and O–H groups in total. The van der Waals surface area contributed by atoms with Crippen molar-refractivity contribution in [2.24, 2.45) is 0 Å². The van der Waals surface area contributed by atoms with Gasteiger partial charge in [0.05, 0.1) is 5.30 Å². The molecular weight excluding hydrogens is 425 g/mol. The molecule has 3 aromatic carbocycles. The zero-order valence-electron chi connectivity index (χ0n) is 16.1. The molecule has 0 amide bonds. The zero-order valence-corrected chi connectivity index (χ0v) is 17.0. The number of benzene rings is 3. The molecule has 0 aliphatic heterocycles. The lowest BCUT2D eigenvalue weighted by Gasteiger charge is -2.28. The van der Waals surface area contributed by atoms with Gasteiger partial charge in [-0.25, -0.2) is 13.8 Å². The first-order valence-electron chi connectivity index (χ1n) is 9.24. The fourth-order valence-corrected chi connectivity index (χ4v) is 6.35. The van der Waals surface area contributed by atoms with E-state index in [-0.39, 0.29) is 5.88 Å². The molecule has 0 spiro atoms. The molecule has 0 saturated heterocycles. The van der Waals surface area contributed by atoms with Crippen LogP contribution in [-0.4, -0.2) is 11.3 Å². The van der Waals surface area contributed by atoms with Crippen molar-refractivity contribution >= 4 is 29.1 Å². The molecule has 31 heavy (non-hydrogen) atoms. The summed E-state index contributed by atoms with van der Waals surface area (Å²) in [5, 5.41) is 0.195. The standard InChI is InChI=1S/C24H16F4NOP/c1-31(16-10-4-2-5-11-16,17-12-6-3-7-13-17)24-21(27)19(25)23(20(26)22(24)28)30-18-14-8-9-15-29-18/h2-15H,1H2. The number of halogens is 4. The first-order valence-corrected chi connectivity index (χ1v) is 11.2. The van der Waals surface area contributed by atoms with Gasteiger partial charge in [-0.15, -0.1) is 0 Å². The summed E-state index contributed by atoms with van der Waals surface area (Å²) in [6.45, 7) is -3.31. The predicted molar refractivity (Wildman–Crippen MR) is 116 cm³/mol. The molecule has 0 saturated carbocycles. The fourth-order valence-electron chi connectivity index (χ4n) is 3.31. The van der Waals surface area contributed by atoms with Gasteiger partial charge in [0.15, 0.2) is 11.6 Å². The molecule has 0 aliphatic rings. The van der Waals surface area contributed by atoms with Crippen LogP contribution in [-0.2, 0) is 0 Å². The summed E-state index contributed by atoms with van der Waals surface area (Å²) in [7, 11) is 0. The molecule has 0 radical (unpaired) electrons. The summed E-state index contributed by atoms with van der Waals surface area (Å²) < 4.78 is 65.8. The third kappa shape index (κ3) is 3.64. The Morgan fingerprint density at radius 3 is 1.58 bits per heavy atom. The van der Waals surface area contributed by atoms with E-state index in [0.29, 0.717) is 10.6 Å². The SMILES string of the molecule is C=P(c1ccccc1)(c1ccccc1)c1c(F)c(F)c(Oc2ccccn2)c(F)c1F. The minimum absolute atomic E-state index is 0.200. The van der Waals surface area contributed by atoms with Crippen molar-refractivity contribution in [2.75, 3.05) is 0 Å². The topological polar surface area (TPSA) is 22.1 Å². The highest BCUT2D eigenvalue weighted by Gasteiger charge is 2.35. The molecule has 0 fully saturated rings. The van der Waals surface area contributed by atoms with Gasteiger partial charge in [-0.3, -0.25) is 0 Å². The number of nitrogens with zero attached hydrogens (tertiary/aromatic N) is 1. The van der Waals surface area contributed by atoms with Crippen LogP contribution in [0.2, 0.25) is 0 Å². The molecule has 0 aliphatic carbocycles. The van der Waals surface area contributed by atoms with Crippen LogP contribution in [0, 0.1) is 23.3 Å². The van der Waals surface area contributed by atoms with E-state index >= 15 is 17.6 Å². The highest BCUT2D eigenvalue weighted by Crippen LogP contribution is 2.45. The van der Waals surface area contributed by atoms with Gasteiger partial charge in [0.1, 0.15) is 0 Å². The average molecular weight is 441 g/mol. The maximum absolute atomic E-state index is 15.4. The van der Waals surface area contributed by atoms with Crippen LogP contribution < -0.4 is 20.7 Å². The number of hydrogen-bond donors (Lipinski definition) is 0. The van der Waals surface area contributed by atoms with Gasteiger partial charge in [0.2, 0.25) is 23.3 Å². The number of ether oxygens (including phenoxy) is 1. The number of rotatable bonds is 5. The van der Waals surface area contributed by atoms with E-state index in [9.17, 15) is 0 Å². The van der Waals surface area contributed by atoms with Crippen molar-refractivity contribution in [2.45, 2.75) is 0 Å². The molecular formula is C24H16F4NOP. The maximum Gasteiger partial charge on any atom is 0.219 e. The average Bonchev–Trinajstić information content (AvgIpc) is 2.82. The van der Waals surface area contributed by atoms with Gasteiger partial charge in [-0.2, -0.15) is 8.78 Å². The second-order valence-corrected chi connectivity index (χ2v) is 9.78. The van der Waals surface area contributed by atoms with Gasteiger partial charge < -0.3 is 4.74 Å². The Balaban J connectivity index is 1.98. The van der Waals surface area contributed by atoms with Crippen molar-refractivity contribution < 1.29 is 22.3 Å². The van der Waals surface area contributed by atoms with Crippen LogP contribution in [0.5, 0.6) is 11.6 Å². The Labute approximate surface area is 176 Å². The van der Waals surface area contributed by atoms with Crippen molar-refractivity contribution in [1.82, 2.24) is 4.98 Å². The Hall–Kier alpha value is -3.37. The van der Waals surface area contributed by atoms with Crippen LogP contribution in [0.4, 0.5) is 17.6 Å². The monoisotopic (exact) mass is 441 g/mol. The van der Waals surface area contributed by atoms with Crippen LogP contribution in [0.3, 0.4) is 0 Å². The van der Waals surface area contributed by atoms with Gasteiger partial charge in [0.25, 0.3) is 0 Å². The van der Waals surface area contributed by atoms with Gasteiger partial charge in [-0.05, 0) is 23.6 Å². The highest BCUT2D eigenvalue weighted by molar-refractivity contribution is 7.93. The van der Waals surface area contributed by atoms with Crippen molar-refractivity contribution in [3.05, 3.63) is 108 Å². The summed E-state index contributed by atoms with van der Waals surface area (Å²) in [6, 6.07) is 21.1. The minimum atomic E-state index is -3.31. The predicted octanol–water partition coefficient (Wildman–Crippen LogP) is 5.16. The lowest BCUT2D eigenvalue weighted by atomic mass is 10.3. The van der Waals surface area contributed by atoms with E-state index in [1.807, 2.05) is 0 Å². The highest BCUT2D eigenvalue weighted by atomic mass is 31.2. The first kappa shape index (κ1) is 20.9. The van der Waals surface area contributed by atoms with Gasteiger partial charge in [0, 0.05) is 12.3 Å². The van der Waals surface area contributed by atoms with Crippen LogP contribution in [0.1, 0.15) is 0 Å². The van der Waals surface area contributed by atoms with Crippen molar-refractivity contribution in [3.8, 4) is 11.6 Å². The van der Waals surface area contributed by atoms with Crippen LogP contribution >= 0.6 is 6.89 Å². The summed E-state index contributed by atoms with van der Waals surface area (Å²) in [6.07, 6.45) is 5.47. The molecule has 0 unspecified atom stereocenters. The summed E-state index contributed by atoms with van der Waals surface area (Å²) in [5.74, 6) is -7.75. The largest absolute Gasteiger partial charge is 0.433 e. The first-order chi connectivity index (χ1) is 14.9. The van der Waals surface area contributed by atoms with E-state index in [1.165, 1.54) is 18.3 Å². The maximum atomic E-state index is 15.4. The van der Waals surface area contributed by atoms with Crippen LogP contribution in [0.15, 0.2) is 85.1 Å². The fraction of sp³-hybridized carbons (Fsp3) is 0. The van der Waals surface area contributed by atoms with E-state index in [2.05, 4.69) is 11.3 Å². The van der Waals surface area contributed by atoms with E-state index in [1.54, 1.807) is 66.7 Å². The molecule has 4 rings (SSSR count). The van der Waals surface area contributed by atoms with Crippen LogP contribution in [0.25, 0.3) is 0 Å². The Bertz CT molecular complexity index is 1190. The molecule has 4 aromatic rings. The summed E-state index contributed by atoms with van der Waals surface area (Å²) >= 11 is 0. The van der Waals surface area contributed by atoms with Crippen molar-refractivity contribution in [3.63, 3.8) is 0 Å². The van der Waals surface area contributed by atoms with Gasteiger partial charge >= 0.3 is 0 Å². The Kier molecular flexibility index (Phi) is 5.66. The molecule has 2 nitrogen and oxygen atoms in total. The third-order valence-electron chi connectivity index (χ3n) is 4.82. The molecule has 156 valence electrons. The quantitative estimate of drug-likeness (QED) is 0.243. The lowest BCUT2D eigenvalue weighted by Crippen LogP contribution is -2.31. The molecule has 0 atom stereocenters. The van der Waals surface area contributed by atoms with E-state index in [0.717, 1.165) is 0 Å². The number of hydrogen-bond acceptors (Lipinski definition) is 2. The molecule has 1 heterocycles. The lowest BCUT2D eigenvalue weighted by molar-refractivity contribution is 0.362. The number of aromatic nitrogens is 1.